The van der Waals surface area contributed by atoms with Gasteiger partial charge in [0.2, 0.25) is 5.91 Å². The van der Waals surface area contributed by atoms with Gasteiger partial charge in [-0.1, -0.05) is 30.3 Å². The number of amides is 1. The lowest BCUT2D eigenvalue weighted by atomic mass is 10.1. The van der Waals surface area contributed by atoms with Gasteiger partial charge >= 0.3 is 0 Å². The Kier molecular flexibility index (Phi) is 4.36. The largest absolute Gasteiger partial charge is 0.348 e. The molecule has 110 valence electrons. The van der Waals surface area contributed by atoms with Crippen molar-refractivity contribution < 1.29 is 4.79 Å². The van der Waals surface area contributed by atoms with Gasteiger partial charge < -0.3 is 5.32 Å². The molecule has 1 aliphatic rings. The van der Waals surface area contributed by atoms with Gasteiger partial charge in [-0.15, -0.1) is 11.3 Å². The van der Waals surface area contributed by atoms with Gasteiger partial charge in [0.05, 0.1) is 12.6 Å². The molecule has 0 radical (unpaired) electrons. The molecule has 3 rings (SSSR count). The van der Waals surface area contributed by atoms with Crippen LogP contribution in [0.25, 0.3) is 0 Å². The number of hydrogen-bond donors (Lipinski definition) is 1. The van der Waals surface area contributed by atoms with E-state index in [1.54, 1.807) is 0 Å². The highest BCUT2D eigenvalue weighted by molar-refractivity contribution is 7.10. The Morgan fingerprint density at radius 3 is 2.95 bits per heavy atom. The molecule has 0 saturated heterocycles. The van der Waals surface area contributed by atoms with E-state index in [0.29, 0.717) is 6.54 Å². The average Bonchev–Trinajstić information content (AvgIpc) is 2.95. The SMILES string of the molecule is C[C@H](NC(=O)CN1CCc2sccc2C1)c1ccccc1. The molecular formula is C17H20N2OS. The van der Waals surface area contributed by atoms with Crippen LogP contribution >= 0.6 is 11.3 Å². The van der Waals surface area contributed by atoms with E-state index < -0.39 is 0 Å². The summed E-state index contributed by atoms with van der Waals surface area (Å²) in [6, 6.07) is 12.3. The molecule has 0 aliphatic carbocycles. The summed E-state index contributed by atoms with van der Waals surface area (Å²) in [4.78, 5) is 15.9. The first-order valence-electron chi connectivity index (χ1n) is 7.34. The zero-order valence-corrected chi connectivity index (χ0v) is 13.0. The molecule has 1 aliphatic heterocycles. The van der Waals surface area contributed by atoms with Crippen LogP contribution in [0.3, 0.4) is 0 Å². The Balaban J connectivity index is 1.53. The first kappa shape index (κ1) is 14.3. The molecule has 3 nitrogen and oxygen atoms in total. The van der Waals surface area contributed by atoms with Crippen LogP contribution < -0.4 is 5.32 Å². The van der Waals surface area contributed by atoms with E-state index >= 15 is 0 Å². The van der Waals surface area contributed by atoms with Crippen molar-refractivity contribution in [2.45, 2.75) is 25.9 Å². The van der Waals surface area contributed by atoms with Crippen molar-refractivity contribution in [3.63, 3.8) is 0 Å². The highest BCUT2D eigenvalue weighted by atomic mass is 32.1. The van der Waals surface area contributed by atoms with Crippen molar-refractivity contribution in [3.8, 4) is 0 Å². The number of thiophene rings is 1. The minimum absolute atomic E-state index is 0.0557. The zero-order valence-electron chi connectivity index (χ0n) is 12.2. The van der Waals surface area contributed by atoms with Crippen molar-refractivity contribution >= 4 is 17.2 Å². The zero-order chi connectivity index (χ0) is 14.7. The van der Waals surface area contributed by atoms with Crippen LogP contribution in [0.1, 0.15) is 29.0 Å². The molecule has 0 spiro atoms. The number of rotatable bonds is 4. The van der Waals surface area contributed by atoms with E-state index in [2.05, 4.69) is 21.7 Å². The summed E-state index contributed by atoms with van der Waals surface area (Å²) in [6.07, 6.45) is 1.06. The summed E-state index contributed by atoms with van der Waals surface area (Å²) in [7, 11) is 0. The lowest BCUT2D eigenvalue weighted by Gasteiger charge is -2.26. The Morgan fingerprint density at radius 2 is 2.14 bits per heavy atom. The molecule has 0 bridgehead atoms. The average molecular weight is 300 g/mol. The maximum Gasteiger partial charge on any atom is 0.234 e. The maximum absolute atomic E-state index is 12.2. The summed E-state index contributed by atoms with van der Waals surface area (Å²) in [5.74, 6) is 0.102. The van der Waals surface area contributed by atoms with E-state index in [9.17, 15) is 4.79 Å². The predicted octanol–water partition coefficient (Wildman–Crippen LogP) is 2.98. The fourth-order valence-electron chi connectivity index (χ4n) is 2.76. The molecule has 1 aromatic carbocycles. The van der Waals surface area contributed by atoms with Crippen molar-refractivity contribution in [1.29, 1.82) is 0 Å². The van der Waals surface area contributed by atoms with Crippen LogP contribution in [-0.4, -0.2) is 23.9 Å². The molecule has 2 aromatic rings. The topological polar surface area (TPSA) is 32.3 Å². The lowest BCUT2D eigenvalue weighted by Crippen LogP contribution is -2.40. The number of nitrogens with zero attached hydrogens (tertiary/aromatic N) is 1. The standard InChI is InChI=1S/C17H20N2OS/c1-13(14-5-3-2-4-6-14)18-17(20)12-19-9-7-16-15(11-19)8-10-21-16/h2-6,8,10,13H,7,9,11-12H2,1H3,(H,18,20)/t13-/m0/s1. The molecule has 0 saturated carbocycles. The van der Waals surface area contributed by atoms with Gasteiger partial charge in [-0.05, 0) is 35.9 Å². The number of carbonyl (C=O) groups excluding carboxylic acids is 1. The van der Waals surface area contributed by atoms with Gasteiger partial charge in [-0.3, -0.25) is 9.69 Å². The molecule has 0 fully saturated rings. The number of fused-ring (bicyclic) bond motifs is 1. The second-order valence-corrected chi connectivity index (χ2v) is 6.53. The van der Waals surface area contributed by atoms with E-state index in [-0.39, 0.29) is 11.9 Å². The van der Waals surface area contributed by atoms with Gasteiger partial charge in [0, 0.05) is 18.0 Å². The van der Waals surface area contributed by atoms with Gasteiger partial charge in [-0.2, -0.15) is 0 Å². The van der Waals surface area contributed by atoms with Gasteiger partial charge in [0.1, 0.15) is 0 Å². The third kappa shape index (κ3) is 3.52. The van der Waals surface area contributed by atoms with Crippen molar-refractivity contribution in [1.82, 2.24) is 10.2 Å². The molecule has 1 atom stereocenters. The van der Waals surface area contributed by atoms with E-state index in [1.807, 2.05) is 48.6 Å². The quantitative estimate of drug-likeness (QED) is 0.941. The van der Waals surface area contributed by atoms with Crippen LogP contribution in [0, 0.1) is 0 Å². The molecule has 1 N–H and O–H groups in total. The van der Waals surface area contributed by atoms with Gasteiger partial charge in [0.15, 0.2) is 0 Å². The van der Waals surface area contributed by atoms with Crippen LogP contribution in [0.4, 0.5) is 0 Å². The van der Waals surface area contributed by atoms with E-state index in [0.717, 1.165) is 25.1 Å². The Morgan fingerprint density at radius 1 is 1.33 bits per heavy atom. The normalized spacial score (nSPS) is 16.2. The smallest absolute Gasteiger partial charge is 0.234 e. The number of hydrogen-bond acceptors (Lipinski definition) is 3. The first-order valence-corrected chi connectivity index (χ1v) is 8.22. The molecule has 21 heavy (non-hydrogen) atoms. The molecule has 2 heterocycles. The molecule has 1 aromatic heterocycles. The minimum atomic E-state index is 0.0557. The number of nitrogens with one attached hydrogen (secondary N) is 1. The molecule has 1 amide bonds. The van der Waals surface area contributed by atoms with Crippen molar-refractivity contribution in [2.24, 2.45) is 0 Å². The van der Waals surface area contributed by atoms with E-state index in [4.69, 9.17) is 0 Å². The third-order valence-electron chi connectivity index (χ3n) is 3.93. The Hall–Kier alpha value is -1.65. The van der Waals surface area contributed by atoms with Gasteiger partial charge in [-0.25, -0.2) is 0 Å². The second kappa shape index (κ2) is 6.41. The summed E-state index contributed by atoms with van der Waals surface area (Å²) in [6.45, 7) is 4.37. The van der Waals surface area contributed by atoms with Crippen LogP contribution in [0.5, 0.6) is 0 Å². The minimum Gasteiger partial charge on any atom is -0.348 e. The fourth-order valence-corrected chi connectivity index (χ4v) is 3.65. The summed E-state index contributed by atoms with van der Waals surface area (Å²) < 4.78 is 0. The monoisotopic (exact) mass is 300 g/mol. The predicted molar refractivity (Wildman–Crippen MR) is 86.3 cm³/mol. The maximum atomic E-state index is 12.2. The van der Waals surface area contributed by atoms with Gasteiger partial charge in [0.25, 0.3) is 0 Å². The van der Waals surface area contributed by atoms with Crippen LogP contribution in [0.2, 0.25) is 0 Å². The first-order chi connectivity index (χ1) is 10.2. The van der Waals surface area contributed by atoms with Crippen LogP contribution in [0.15, 0.2) is 41.8 Å². The molecule has 0 unspecified atom stereocenters. The van der Waals surface area contributed by atoms with Crippen LogP contribution in [-0.2, 0) is 17.8 Å². The highest BCUT2D eigenvalue weighted by Crippen LogP contribution is 2.23. The summed E-state index contributed by atoms with van der Waals surface area (Å²) in [5.41, 5.74) is 2.53. The number of benzene rings is 1. The molecule has 4 heteroatoms. The highest BCUT2D eigenvalue weighted by Gasteiger charge is 2.19. The lowest BCUT2D eigenvalue weighted by molar-refractivity contribution is -0.123. The van der Waals surface area contributed by atoms with E-state index in [1.165, 1.54) is 10.4 Å². The third-order valence-corrected chi connectivity index (χ3v) is 4.95. The van der Waals surface area contributed by atoms with Crippen molar-refractivity contribution in [2.75, 3.05) is 13.1 Å². The summed E-state index contributed by atoms with van der Waals surface area (Å²) in [5, 5.41) is 5.23. The second-order valence-electron chi connectivity index (χ2n) is 5.53. The van der Waals surface area contributed by atoms with Crippen molar-refractivity contribution in [3.05, 3.63) is 57.8 Å². The Labute approximate surface area is 129 Å². The fraction of sp³-hybridized carbons (Fsp3) is 0.353. The Bertz CT molecular complexity index is 608. The summed E-state index contributed by atoms with van der Waals surface area (Å²) >= 11 is 1.83. The molecular weight excluding hydrogens is 280 g/mol. The number of carbonyl (C=O) groups is 1.